The van der Waals surface area contributed by atoms with Crippen LogP contribution in [0.1, 0.15) is 33.6 Å². The van der Waals surface area contributed by atoms with Gasteiger partial charge in [-0.3, -0.25) is 0 Å². The summed E-state index contributed by atoms with van der Waals surface area (Å²) in [4.78, 5) is 0. The molecule has 2 heteroatoms. The molecule has 0 aromatic rings. The molecule has 0 radical (unpaired) electrons. The molecule has 88 valence electrons. The SMILES string of the molecule is C=CC(O)=C=CC1=C(C)C[C@@H](O)CC1(C)C. The molecule has 1 aliphatic carbocycles. The molecule has 0 aromatic heterocycles. The molecule has 0 aliphatic heterocycles. The van der Waals surface area contributed by atoms with Crippen molar-refractivity contribution in [3.63, 3.8) is 0 Å². The Hall–Kier alpha value is -1.24. The van der Waals surface area contributed by atoms with E-state index in [2.05, 4.69) is 26.2 Å². The number of aliphatic hydroxyl groups is 2. The fourth-order valence-electron chi connectivity index (χ4n) is 2.34. The lowest BCUT2D eigenvalue weighted by Crippen LogP contribution is -2.28. The van der Waals surface area contributed by atoms with Crippen molar-refractivity contribution in [1.29, 1.82) is 0 Å². The Morgan fingerprint density at radius 1 is 1.56 bits per heavy atom. The third kappa shape index (κ3) is 2.88. The first kappa shape index (κ1) is 12.8. The van der Waals surface area contributed by atoms with Crippen LogP contribution in [0.3, 0.4) is 0 Å². The molecule has 0 aromatic carbocycles. The van der Waals surface area contributed by atoms with Gasteiger partial charge in [-0.05, 0) is 42.9 Å². The average Bonchev–Trinajstić information content (AvgIpc) is 2.14. The van der Waals surface area contributed by atoms with Crippen molar-refractivity contribution >= 4 is 0 Å². The zero-order valence-corrected chi connectivity index (χ0v) is 10.2. The quantitative estimate of drug-likeness (QED) is 0.426. The molecule has 0 unspecified atom stereocenters. The molecule has 0 bridgehead atoms. The van der Waals surface area contributed by atoms with Gasteiger partial charge in [0, 0.05) is 0 Å². The first-order valence-electron chi connectivity index (χ1n) is 5.53. The topological polar surface area (TPSA) is 40.5 Å². The first-order chi connectivity index (χ1) is 7.36. The second-order valence-electron chi connectivity index (χ2n) is 5.02. The maximum atomic E-state index is 9.72. The molecule has 16 heavy (non-hydrogen) atoms. The molecule has 0 amide bonds. The Bertz CT molecular complexity index is 380. The molecule has 1 aliphatic rings. The van der Waals surface area contributed by atoms with Gasteiger partial charge in [-0.25, -0.2) is 0 Å². The minimum Gasteiger partial charge on any atom is -0.501 e. The van der Waals surface area contributed by atoms with E-state index in [1.807, 2.05) is 6.92 Å². The van der Waals surface area contributed by atoms with Crippen LogP contribution in [-0.2, 0) is 0 Å². The molecule has 2 N–H and O–H groups in total. The van der Waals surface area contributed by atoms with Crippen LogP contribution in [0.5, 0.6) is 0 Å². The van der Waals surface area contributed by atoms with Crippen LogP contribution in [0, 0.1) is 5.41 Å². The van der Waals surface area contributed by atoms with Crippen LogP contribution in [0.2, 0.25) is 0 Å². The Balaban J connectivity index is 3.14. The third-order valence-electron chi connectivity index (χ3n) is 3.03. The van der Waals surface area contributed by atoms with Gasteiger partial charge >= 0.3 is 0 Å². The van der Waals surface area contributed by atoms with Crippen molar-refractivity contribution in [3.05, 3.63) is 41.4 Å². The van der Waals surface area contributed by atoms with Gasteiger partial charge in [-0.1, -0.05) is 31.7 Å². The largest absolute Gasteiger partial charge is 0.501 e. The summed E-state index contributed by atoms with van der Waals surface area (Å²) in [7, 11) is 0. The van der Waals surface area contributed by atoms with Crippen LogP contribution in [0.15, 0.2) is 41.4 Å². The second-order valence-corrected chi connectivity index (χ2v) is 5.02. The van der Waals surface area contributed by atoms with E-state index in [1.165, 1.54) is 6.08 Å². The fraction of sp³-hybridized carbons (Fsp3) is 0.500. The van der Waals surface area contributed by atoms with Gasteiger partial charge in [-0.2, -0.15) is 0 Å². The Labute approximate surface area is 97.3 Å². The van der Waals surface area contributed by atoms with Gasteiger partial charge in [0.25, 0.3) is 0 Å². The fourth-order valence-corrected chi connectivity index (χ4v) is 2.34. The maximum absolute atomic E-state index is 9.72. The second kappa shape index (κ2) is 4.73. The van der Waals surface area contributed by atoms with Crippen LogP contribution in [0.25, 0.3) is 0 Å². The van der Waals surface area contributed by atoms with E-state index in [4.69, 9.17) is 0 Å². The average molecular weight is 220 g/mol. The highest BCUT2D eigenvalue weighted by atomic mass is 16.3. The molecule has 2 nitrogen and oxygen atoms in total. The molecule has 0 saturated carbocycles. The summed E-state index contributed by atoms with van der Waals surface area (Å²) in [5.74, 6) is 0.0437. The number of hydrogen-bond acceptors (Lipinski definition) is 2. The van der Waals surface area contributed by atoms with Crippen LogP contribution in [0.4, 0.5) is 0 Å². The van der Waals surface area contributed by atoms with E-state index in [0.717, 1.165) is 17.6 Å². The molecular formula is C14H20O2. The minimum atomic E-state index is -0.260. The van der Waals surface area contributed by atoms with Crippen molar-refractivity contribution < 1.29 is 10.2 Å². The van der Waals surface area contributed by atoms with Crippen molar-refractivity contribution in [3.8, 4) is 0 Å². The lowest BCUT2D eigenvalue weighted by Gasteiger charge is -2.35. The number of hydrogen-bond donors (Lipinski definition) is 2. The number of rotatable bonds is 2. The van der Waals surface area contributed by atoms with Crippen molar-refractivity contribution in [2.45, 2.75) is 39.7 Å². The zero-order chi connectivity index (χ0) is 12.3. The summed E-state index contributed by atoms with van der Waals surface area (Å²) < 4.78 is 0. The van der Waals surface area contributed by atoms with Crippen molar-refractivity contribution in [2.75, 3.05) is 0 Å². The number of aliphatic hydroxyl groups excluding tert-OH is 2. The molecule has 0 saturated heterocycles. The van der Waals surface area contributed by atoms with E-state index in [9.17, 15) is 10.2 Å². The predicted octanol–water partition coefficient (Wildman–Crippen LogP) is 3.27. The van der Waals surface area contributed by atoms with E-state index >= 15 is 0 Å². The lowest BCUT2D eigenvalue weighted by molar-refractivity contribution is 0.116. The molecule has 1 atom stereocenters. The molecule has 0 spiro atoms. The number of allylic oxidation sites excluding steroid dienone is 2. The lowest BCUT2D eigenvalue weighted by atomic mass is 9.71. The highest BCUT2D eigenvalue weighted by Crippen LogP contribution is 2.40. The van der Waals surface area contributed by atoms with E-state index in [0.29, 0.717) is 6.42 Å². The minimum absolute atomic E-state index is 0.0437. The van der Waals surface area contributed by atoms with Crippen LogP contribution in [-0.4, -0.2) is 16.3 Å². The molecule has 0 fully saturated rings. The zero-order valence-electron chi connectivity index (χ0n) is 10.2. The smallest absolute Gasteiger partial charge is 0.158 e. The third-order valence-corrected chi connectivity index (χ3v) is 3.03. The standard InChI is InChI=1S/C14H20O2/c1-5-11(15)6-7-13-10(2)8-12(16)9-14(13,3)4/h5,7,12,15-16H,1,8-9H2,2-4H3/t6?,12-/m1/s1. The van der Waals surface area contributed by atoms with Gasteiger partial charge in [0.2, 0.25) is 0 Å². The van der Waals surface area contributed by atoms with E-state index in [-0.39, 0.29) is 17.3 Å². The van der Waals surface area contributed by atoms with E-state index < -0.39 is 0 Å². The normalized spacial score (nSPS) is 23.6. The van der Waals surface area contributed by atoms with Gasteiger partial charge in [0.1, 0.15) is 0 Å². The van der Waals surface area contributed by atoms with Gasteiger partial charge in [0.15, 0.2) is 5.76 Å². The summed E-state index contributed by atoms with van der Waals surface area (Å²) in [6.07, 6.45) is 4.34. The first-order valence-corrected chi connectivity index (χ1v) is 5.53. The van der Waals surface area contributed by atoms with Gasteiger partial charge < -0.3 is 10.2 Å². The van der Waals surface area contributed by atoms with Crippen LogP contribution >= 0.6 is 0 Å². The summed E-state index contributed by atoms with van der Waals surface area (Å²) in [5, 5.41) is 19.0. The Morgan fingerprint density at radius 3 is 2.69 bits per heavy atom. The van der Waals surface area contributed by atoms with Crippen molar-refractivity contribution in [1.82, 2.24) is 0 Å². The highest BCUT2D eigenvalue weighted by Gasteiger charge is 2.31. The van der Waals surface area contributed by atoms with Crippen molar-refractivity contribution in [2.24, 2.45) is 5.41 Å². The van der Waals surface area contributed by atoms with Crippen LogP contribution < -0.4 is 0 Å². The Morgan fingerprint density at radius 2 is 2.19 bits per heavy atom. The predicted molar refractivity (Wildman–Crippen MR) is 66.1 cm³/mol. The van der Waals surface area contributed by atoms with E-state index in [1.54, 1.807) is 6.08 Å². The maximum Gasteiger partial charge on any atom is 0.158 e. The molecule has 0 heterocycles. The van der Waals surface area contributed by atoms with Gasteiger partial charge in [-0.15, -0.1) is 0 Å². The summed E-state index contributed by atoms with van der Waals surface area (Å²) in [6.45, 7) is 9.67. The Kier molecular flexibility index (Phi) is 3.79. The molecule has 1 rings (SSSR count). The summed E-state index contributed by atoms with van der Waals surface area (Å²) in [6, 6.07) is 0. The highest BCUT2D eigenvalue weighted by molar-refractivity contribution is 5.34. The molecular weight excluding hydrogens is 200 g/mol. The summed E-state index contributed by atoms with van der Waals surface area (Å²) in [5.41, 5.74) is 5.02. The summed E-state index contributed by atoms with van der Waals surface area (Å²) >= 11 is 0. The van der Waals surface area contributed by atoms with Gasteiger partial charge in [0.05, 0.1) is 6.10 Å². The monoisotopic (exact) mass is 220 g/mol.